The number of nitrogens with zero attached hydrogens (tertiary/aromatic N) is 6. The number of aromatic nitrogens is 1. The minimum absolute atomic E-state index is 0.0479. The molecule has 75 heavy (non-hydrogen) atoms. The summed E-state index contributed by atoms with van der Waals surface area (Å²) in [7, 11) is 4.64. The molecule has 4 aliphatic rings. The van der Waals surface area contributed by atoms with E-state index in [1.807, 2.05) is 48.2 Å². The smallest absolute Gasteiger partial charge is 0.305 e. The number of hydrogen-bond donors (Lipinski definition) is 0. The summed E-state index contributed by atoms with van der Waals surface area (Å²) in [6.45, 7) is 10.2. The topological polar surface area (TPSA) is 208 Å². The van der Waals surface area contributed by atoms with Crippen molar-refractivity contribution in [3.05, 3.63) is 82.2 Å². The second-order valence-electron chi connectivity index (χ2n) is 18.0. The molecule has 0 spiro atoms. The molecule has 3 aromatic rings. The van der Waals surface area contributed by atoms with Gasteiger partial charge in [-0.05, 0) is 52.2 Å². The molecule has 2 atom stereocenters. The van der Waals surface area contributed by atoms with Crippen LogP contribution in [0, 0.1) is 0 Å². The average molecular weight is 1040 g/mol. The predicted octanol–water partition coefficient (Wildman–Crippen LogP) is 6.65. The first-order chi connectivity index (χ1) is 36.5. The molecular formula is C55H70N6O14. The number of benzene rings is 2. The molecule has 1 unspecified atom stereocenters. The Morgan fingerprint density at radius 3 is 1.65 bits per heavy atom. The number of carbonyl (C=O) groups is 4. The number of methoxy groups -OCH3 is 3. The van der Waals surface area contributed by atoms with Crippen LogP contribution in [0.25, 0.3) is 0 Å². The highest BCUT2D eigenvalue weighted by Gasteiger charge is 2.36. The monoisotopic (exact) mass is 1040 g/mol. The van der Waals surface area contributed by atoms with E-state index in [1.54, 1.807) is 55.3 Å². The van der Waals surface area contributed by atoms with Crippen LogP contribution in [0.1, 0.15) is 85.0 Å². The van der Waals surface area contributed by atoms with E-state index in [0.29, 0.717) is 128 Å². The van der Waals surface area contributed by atoms with Crippen molar-refractivity contribution in [1.82, 2.24) is 19.7 Å². The molecule has 4 aliphatic heterocycles. The maximum absolute atomic E-state index is 13.8. The first kappa shape index (κ1) is 55.9. The zero-order valence-corrected chi connectivity index (χ0v) is 44.0. The van der Waals surface area contributed by atoms with Gasteiger partial charge in [0, 0.05) is 69.9 Å². The van der Waals surface area contributed by atoms with Gasteiger partial charge in [0.25, 0.3) is 11.8 Å². The van der Waals surface area contributed by atoms with Gasteiger partial charge in [-0.2, -0.15) is 0 Å². The maximum atomic E-state index is 13.8. The zero-order valence-electron chi connectivity index (χ0n) is 44.0. The minimum atomic E-state index is -0.337. The molecule has 7 rings (SSSR count). The lowest BCUT2D eigenvalue weighted by atomic mass is 10.1. The van der Waals surface area contributed by atoms with Crippen LogP contribution in [0.5, 0.6) is 28.7 Å². The van der Waals surface area contributed by atoms with E-state index in [0.717, 1.165) is 12.8 Å². The molecule has 0 N–H and O–H groups in total. The molecule has 2 saturated heterocycles. The summed E-state index contributed by atoms with van der Waals surface area (Å²) in [6.07, 6.45) is 9.81. The van der Waals surface area contributed by atoms with Crippen molar-refractivity contribution < 1.29 is 66.5 Å². The summed E-state index contributed by atoms with van der Waals surface area (Å²) < 4.78 is 57.4. The first-order valence-electron chi connectivity index (χ1n) is 25.5. The van der Waals surface area contributed by atoms with Crippen molar-refractivity contribution in [3.8, 4) is 28.7 Å². The molecule has 2 fully saturated rings. The largest absolute Gasteiger partial charge is 0.493 e. The number of esters is 1. The normalized spacial score (nSPS) is 17.6. The van der Waals surface area contributed by atoms with E-state index in [-0.39, 0.29) is 88.2 Å². The molecule has 20 nitrogen and oxygen atoms in total. The van der Waals surface area contributed by atoms with Gasteiger partial charge in [0.15, 0.2) is 23.0 Å². The fraction of sp³-hybridized carbons (Fsp3) is 0.509. The van der Waals surface area contributed by atoms with Gasteiger partial charge in [-0.25, -0.2) is 0 Å². The molecule has 0 saturated carbocycles. The highest BCUT2D eigenvalue weighted by Crippen LogP contribution is 2.41. The third kappa shape index (κ3) is 15.1. The maximum Gasteiger partial charge on any atom is 0.305 e. The first-order valence-corrected chi connectivity index (χ1v) is 25.5. The Hall–Kier alpha value is -6.87. The Morgan fingerprint density at radius 2 is 1.16 bits per heavy atom. The molecule has 3 amide bonds. The van der Waals surface area contributed by atoms with Crippen LogP contribution < -0.4 is 23.7 Å². The van der Waals surface area contributed by atoms with E-state index in [9.17, 15) is 19.2 Å². The summed E-state index contributed by atoms with van der Waals surface area (Å²) in [6, 6.07) is 9.88. The van der Waals surface area contributed by atoms with Crippen LogP contribution in [0.15, 0.2) is 69.7 Å². The SMILES string of the molecule is C/C=C1\CC2C=Nc3cc(OCc4cc(OCCN(CCCC(=O)OCC)C(=O)CCOCCOCCOCCOC)cc(COc5cc6c(cc5OC)C(=O)N5C/C(=C/C)C[C@H]5C=N6)n4)c(OC)cc3C(=O)N2C1. The van der Waals surface area contributed by atoms with Crippen LogP contribution in [-0.2, 0) is 46.5 Å². The number of carbonyl (C=O) groups excluding carboxylic acids is 4. The lowest BCUT2D eigenvalue weighted by molar-refractivity contribution is -0.144. The van der Waals surface area contributed by atoms with Crippen molar-refractivity contribution in [1.29, 1.82) is 0 Å². The van der Waals surface area contributed by atoms with Gasteiger partial charge in [0.05, 0.1) is 126 Å². The van der Waals surface area contributed by atoms with Gasteiger partial charge in [0.2, 0.25) is 5.91 Å². The number of amides is 3. The second kappa shape index (κ2) is 28.1. The van der Waals surface area contributed by atoms with Crippen LogP contribution >= 0.6 is 0 Å². The van der Waals surface area contributed by atoms with Gasteiger partial charge in [0.1, 0.15) is 25.6 Å². The van der Waals surface area contributed by atoms with Crippen LogP contribution in [-0.4, -0.2) is 175 Å². The van der Waals surface area contributed by atoms with Gasteiger partial charge in [-0.1, -0.05) is 23.3 Å². The van der Waals surface area contributed by atoms with Gasteiger partial charge in [-0.15, -0.1) is 0 Å². The number of hydrogen-bond acceptors (Lipinski definition) is 17. The van der Waals surface area contributed by atoms with Crippen LogP contribution in [0.2, 0.25) is 0 Å². The van der Waals surface area contributed by atoms with E-state index < -0.39 is 0 Å². The fourth-order valence-electron chi connectivity index (χ4n) is 8.97. The summed E-state index contributed by atoms with van der Waals surface area (Å²) >= 11 is 0. The number of aliphatic imine (C=N–C) groups is 2. The number of pyridine rings is 1. The highest BCUT2D eigenvalue weighted by molar-refractivity contribution is 6.05. The van der Waals surface area contributed by atoms with Gasteiger partial charge >= 0.3 is 5.97 Å². The summed E-state index contributed by atoms with van der Waals surface area (Å²) in [5.74, 6) is 1.05. The van der Waals surface area contributed by atoms with Crippen molar-refractivity contribution in [2.75, 3.05) is 107 Å². The van der Waals surface area contributed by atoms with E-state index in [2.05, 4.69) is 0 Å². The Labute approximate surface area is 438 Å². The third-order valence-electron chi connectivity index (χ3n) is 13.0. The standard InChI is InChI=1S/C55H70N6O14/c1-7-37-23-41-31-56-46-29-50(48(67-5)27-44(46)54(64)60(41)33-37)74-35-39-25-43(73-16-14-59(13-10-11-53(63)72-9-3)52(62)12-15-69-19-20-71-22-21-70-18-17-66-4)26-40(58-39)36-75-51-30-47-45(28-49(51)68-6)55(65)61-34-38(8-2)24-42(61)32-57-47/h7-8,25-32,41-42H,9-24,33-36H2,1-6H3/b37-7+,38-8+/t41-,42?/m0/s1. The van der Waals surface area contributed by atoms with Gasteiger partial charge < -0.3 is 62.1 Å². The Kier molecular flexibility index (Phi) is 21.0. The summed E-state index contributed by atoms with van der Waals surface area (Å²) in [4.78, 5) is 73.0. The van der Waals surface area contributed by atoms with E-state index >= 15 is 0 Å². The number of allylic oxidation sites excluding steroid dienone is 2. The molecule has 5 heterocycles. The summed E-state index contributed by atoms with van der Waals surface area (Å²) in [5, 5.41) is 0. The van der Waals surface area contributed by atoms with E-state index in [1.165, 1.54) is 25.4 Å². The molecule has 404 valence electrons. The molecule has 20 heteroatoms. The number of rotatable bonds is 29. The van der Waals surface area contributed by atoms with Gasteiger partial charge in [-0.3, -0.25) is 34.1 Å². The minimum Gasteiger partial charge on any atom is -0.493 e. The lowest BCUT2D eigenvalue weighted by Crippen LogP contribution is -2.36. The van der Waals surface area contributed by atoms with Crippen molar-refractivity contribution in [2.45, 2.75) is 78.2 Å². The average Bonchev–Trinajstić information content (AvgIpc) is 4.00. The van der Waals surface area contributed by atoms with Crippen LogP contribution in [0.4, 0.5) is 11.4 Å². The molecule has 0 aliphatic carbocycles. The number of fused-ring (bicyclic) bond motifs is 4. The molecule has 1 aromatic heterocycles. The lowest BCUT2D eigenvalue weighted by Gasteiger charge is -2.23. The molecule has 0 bridgehead atoms. The molecule has 0 radical (unpaired) electrons. The quantitative estimate of drug-likeness (QED) is 0.0405. The van der Waals surface area contributed by atoms with E-state index in [4.69, 9.17) is 62.3 Å². The zero-order chi connectivity index (χ0) is 53.1. The number of ether oxygens (including phenoxy) is 10. The van der Waals surface area contributed by atoms with Crippen molar-refractivity contribution >= 4 is 47.5 Å². The van der Waals surface area contributed by atoms with Crippen molar-refractivity contribution in [3.63, 3.8) is 0 Å². The Bertz CT molecular complexity index is 2460. The second-order valence-corrected chi connectivity index (χ2v) is 18.0. The third-order valence-corrected chi connectivity index (χ3v) is 13.0. The summed E-state index contributed by atoms with van der Waals surface area (Å²) in [5.41, 5.74) is 5.05. The van der Waals surface area contributed by atoms with Crippen molar-refractivity contribution in [2.24, 2.45) is 9.98 Å². The highest BCUT2D eigenvalue weighted by atomic mass is 16.6. The predicted molar refractivity (Wildman–Crippen MR) is 278 cm³/mol. The Balaban J connectivity index is 1.07. The fourth-order valence-corrected chi connectivity index (χ4v) is 8.97. The van der Waals surface area contributed by atoms with Crippen LogP contribution in [0.3, 0.4) is 0 Å². The molecule has 2 aromatic carbocycles. The molecular weight excluding hydrogens is 969 g/mol. The Morgan fingerprint density at radius 1 is 0.640 bits per heavy atom.